The number of carbonyl (C=O) groups excluding carboxylic acids is 1. The summed E-state index contributed by atoms with van der Waals surface area (Å²) in [7, 11) is 0. The number of hydrogen-bond donors (Lipinski definition) is 1. The van der Waals surface area contributed by atoms with Gasteiger partial charge in [-0.05, 0) is 63.8 Å². The highest BCUT2D eigenvalue weighted by Crippen LogP contribution is 2.41. The molecule has 3 aromatic rings. The van der Waals surface area contributed by atoms with E-state index in [1.165, 1.54) is 17.3 Å². The molecule has 29 heavy (non-hydrogen) atoms. The summed E-state index contributed by atoms with van der Waals surface area (Å²) in [5.74, 6) is 0.816. The molecular weight excluding hydrogens is 382 g/mol. The molecule has 1 fully saturated rings. The van der Waals surface area contributed by atoms with E-state index in [0.29, 0.717) is 6.04 Å². The van der Waals surface area contributed by atoms with Crippen molar-refractivity contribution in [3.63, 3.8) is 0 Å². The first-order chi connectivity index (χ1) is 13.9. The summed E-state index contributed by atoms with van der Waals surface area (Å²) in [6.07, 6.45) is 5.75. The molecule has 1 amide bonds. The van der Waals surface area contributed by atoms with Crippen LogP contribution in [-0.2, 0) is 4.79 Å². The Morgan fingerprint density at radius 2 is 1.79 bits per heavy atom. The Balaban J connectivity index is 1.54. The average Bonchev–Trinajstić information content (AvgIpc) is 3.45. The number of rotatable bonds is 6. The lowest BCUT2D eigenvalue weighted by molar-refractivity contribution is -0.115. The van der Waals surface area contributed by atoms with Crippen molar-refractivity contribution in [2.45, 2.75) is 57.0 Å². The molecule has 1 N–H and O–H groups in total. The molecule has 0 bridgehead atoms. The van der Waals surface area contributed by atoms with E-state index in [9.17, 15) is 4.79 Å². The summed E-state index contributed by atoms with van der Waals surface area (Å²) >= 11 is 1.46. The molecule has 150 valence electrons. The molecule has 2 aromatic heterocycles. The molecule has 2 heterocycles. The van der Waals surface area contributed by atoms with Crippen molar-refractivity contribution in [2.75, 3.05) is 5.32 Å². The number of carbonyl (C=O) groups is 1. The van der Waals surface area contributed by atoms with E-state index in [0.717, 1.165) is 46.2 Å². The lowest BCUT2D eigenvalue weighted by Gasteiger charge is -2.16. The van der Waals surface area contributed by atoms with Gasteiger partial charge in [0.05, 0.1) is 5.25 Å². The third-order valence-electron chi connectivity index (χ3n) is 5.09. The molecule has 6 nitrogen and oxygen atoms in total. The van der Waals surface area contributed by atoms with Gasteiger partial charge in [-0.25, -0.2) is 0 Å². The molecular formula is C22H25N5OS. The van der Waals surface area contributed by atoms with Gasteiger partial charge in [0.15, 0.2) is 11.0 Å². The van der Waals surface area contributed by atoms with Crippen LogP contribution < -0.4 is 5.32 Å². The van der Waals surface area contributed by atoms with Crippen LogP contribution in [0.1, 0.15) is 42.5 Å². The molecule has 0 unspecified atom stereocenters. The van der Waals surface area contributed by atoms with Crippen LogP contribution in [0, 0.1) is 20.8 Å². The summed E-state index contributed by atoms with van der Waals surface area (Å²) in [5.41, 5.74) is 5.24. The maximum absolute atomic E-state index is 12.9. The Morgan fingerprint density at radius 1 is 1.14 bits per heavy atom. The van der Waals surface area contributed by atoms with Gasteiger partial charge >= 0.3 is 0 Å². The third kappa shape index (κ3) is 4.19. The van der Waals surface area contributed by atoms with Gasteiger partial charge in [-0.1, -0.05) is 29.5 Å². The van der Waals surface area contributed by atoms with Crippen molar-refractivity contribution < 1.29 is 4.79 Å². The van der Waals surface area contributed by atoms with Crippen LogP contribution in [0.5, 0.6) is 0 Å². The Morgan fingerprint density at radius 3 is 2.41 bits per heavy atom. The van der Waals surface area contributed by atoms with E-state index in [4.69, 9.17) is 0 Å². The van der Waals surface area contributed by atoms with Crippen LogP contribution in [0.15, 0.2) is 41.8 Å². The molecule has 0 spiro atoms. The van der Waals surface area contributed by atoms with E-state index >= 15 is 0 Å². The van der Waals surface area contributed by atoms with Crippen molar-refractivity contribution in [3.8, 4) is 11.4 Å². The van der Waals surface area contributed by atoms with Crippen molar-refractivity contribution in [2.24, 2.45) is 0 Å². The smallest absolute Gasteiger partial charge is 0.237 e. The number of aryl methyl sites for hydroxylation is 3. The van der Waals surface area contributed by atoms with Gasteiger partial charge < -0.3 is 5.32 Å². The van der Waals surface area contributed by atoms with Crippen LogP contribution in [0.3, 0.4) is 0 Å². The molecule has 0 radical (unpaired) electrons. The Bertz CT molecular complexity index is 1020. The highest BCUT2D eigenvalue weighted by molar-refractivity contribution is 8.00. The zero-order chi connectivity index (χ0) is 20.5. The zero-order valence-electron chi connectivity index (χ0n) is 17.1. The van der Waals surface area contributed by atoms with Crippen LogP contribution in [0.2, 0.25) is 0 Å². The number of benzene rings is 1. The fraction of sp³-hybridized carbons (Fsp3) is 0.364. The van der Waals surface area contributed by atoms with Gasteiger partial charge in [0.25, 0.3) is 0 Å². The molecule has 0 aliphatic heterocycles. The molecule has 1 aliphatic rings. The number of thioether (sulfide) groups is 1. The summed E-state index contributed by atoms with van der Waals surface area (Å²) in [6, 6.07) is 8.47. The third-order valence-corrected chi connectivity index (χ3v) is 6.15. The Hall–Kier alpha value is -2.67. The monoisotopic (exact) mass is 407 g/mol. The van der Waals surface area contributed by atoms with Crippen LogP contribution >= 0.6 is 11.8 Å². The second kappa shape index (κ2) is 7.99. The molecule has 1 atom stereocenters. The lowest BCUT2D eigenvalue weighted by Crippen LogP contribution is -2.24. The van der Waals surface area contributed by atoms with Gasteiger partial charge in [-0.3, -0.25) is 14.3 Å². The Labute approximate surface area is 175 Å². The van der Waals surface area contributed by atoms with Gasteiger partial charge in [0.2, 0.25) is 5.91 Å². The molecule has 1 aliphatic carbocycles. The highest BCUT2D eigenvalue weighted by atomic mass is 32.2. The first-order valence-corrected chi connectivity index (χ1v) is 10.7. The number of aromatic nitrogens is 4. The number of pyridine rings is 1. The summed E-state index contributed by atoms with van der Waals surface area (Å²) in [5, 5.41) is 12.4. The average molecular weight is 408 g/mol. The second-order valence-corrected chi connectivity index (χ2v) is 8.97. The highest BCUT2D eigenvalue weighted by Gasteiger charge is 2.31. The van der Waals surface area contributed by atoms with E-state index in [2.05, 4.69) is 44.1 Å². The maximum Gasteiger partial charge on any atom is 0.237 e. The van der Waals surface area contributed by atoms with Crippen molar-refractivity contribution in [3.05, 3.63) is 53.3 Å². The predicted octanol–water partition coefficient (Wildman–Crippen LogP) is 4.72. The molecule has 0 saturated heterocycles. The predicted molar refractivity (Wildman–Crippen MR) is 116 cm³/mol. The minimum absolute atomic E-state index is 0.0270. The fourth-order valence-corrected chi connectivity index (χ4v) is 4.45. The summed E-state index contributed by atoms with van der Waals surface area (Å²) in [4.78, 5) is 17.0. The van der Waals surface area contributed by atoms with Gasteiger partial charge in [-0.15, -0.1) is 10.2 Å². The molecule has 1 saturated carbocycles. The van der Waals surface area contributed by atoms with Crippen LogP contribution in [0.25, 0.3) is 11.4 Å². The zero-order valence-corrected chi connectivity index (χ0v) is 18.0. The molecule has 1 aromatic carbocycles. The van der Waals surface area contributed by atoms with Gasteiger partial charge in [-0.2, -0.15) is 0 Å². The van der Waals surface area contributed by atoms with E-state index in [-0.39, 0.29) is 11.2 Å². The first-order valence-electron chi connectivity index (χ1n) is 9.84. The maximum atomic E-state index is 12.9. The lowest BCUT2D eigenvalue weighted by atomic mass is 10.1. The second-order valence-electron chi connectivity index (χ2n) is 7.67. The van der Waals surface area contributed by atoms with Crippen LogP contribution in [0.4, 0.5) is 5.69 Å². The summed E-state index contributed by atoms with van der Waals surface area (Å²) in [6.45, 7) is 8.03. The number of amides is 1. The molecule has 4 rings (SSSR count). The minimum Gasteiger partial charge on any atom is -0.325 e. The minimum atomic E-state index is -0.290. The number of hydrogen-bond acceptors (Lipinski definition) is 5. The van der Waals surface area contributed by atoms with Crippen molar-refractivity contribution in [1.82, 2.24) is 19.7 Å². The Kier molecular flexibility index (Phi) is 5.41. The van der Waals surface area contributed by atoms with Crippen molar-refractivity contribution in [1.29, 1.82) is 0 Å². The van der Waals surface area contributed by atoms with E-state index in [1.807, 2.05) is 32.9 Å². The fourth-order valence-electron chi connectivity index (χ4n) is 3.53. The van der Waals surface area contributed by atoms with E-state index < -0.39 is 0 Å². The first kappa shape index (κ1) is 19.6. The van der Waals surface area contributed by atoms with Crippen LogP contribution in [-0.4, -0.2) is 30.9 Å². The largest absolute Gasteiger partial charge is 0.325 e. The normalized spacial score (nSPS) is 14.6. The SMILES string of the molecule is Cc1cc(C)c(NC(=O)[C@@H](C)Sc2nnc(-c3ccncc3)n2C2CC2)c(C)c1. The standard InChI is InChI=1S/C22H25N5OS/c1-13-11-14(2)19(15(3)12-13)24-21(28)16(4)29-22-26-25-20(27(22)18-5-6-18)17-7-9-23-10-8-17/h7-12,16,18H,5-6H2,1-4H3,(H,24,28)/t16-/m1/s1. The van der Waals surface area contributed by atoms with E-state index in [1.54, 1.807) is 12.4 Å². The summed E-state index contributed by atoms with van der Waals surface area (Å²) < 4.78 is 2.17. The van der Waals surface area contributed by atoms with Gasteiger partial charge in [0.1, 0.15) is 0 Å². The quantitative estimate of drug-likeness (QED) is 0.599. The number of anilines is 1. The number of nitrogens with zero attached hydrogens (tertiary/aromatic N) is 4. The van der Waals surface area contributed by atoms with Crippen molar-refractivity contribution >= 4 is 23.4 Å². The molecule has 7 heteroatoms. The van der Waals surface area contributed by atoms with Gasteiger partial charge in [0, 0.05) is 29.7 Å². The topological polar surface area (TPSA) is 72.7 Å². The number of nitrogens with one attached hydrogen (secondary N) is 1.